The first-order valence-corrected chi connectivity index (χ1v) is 16.8. The average Bonchev–Trinajstić information content (AvgIpc) is 3.03. The van der Waals surface area contributed by atoms with Crippen molar-refractivity contribution >= 4 is 18.0 Å². The molecule has 2 aromatic carbocycles. The third kappa shape index (κ3) is 8.40. The number of amides is 2. The molecule has 2 atom stereocenters. The van der Waals surface area contributed by atoms with E-state index < -0.39 is 0 Å². The van der Waals surface area contributed by atoms with Crippen LogP contribution in [0.5, 0.6) is 0 Å². The minimum atomic E-state index is 0.0985. The van der Waals surface area contributed by atoms with Crippen LogP contribution in [0.15, 0.2) is 53.9 Å². The second kappa shape index (κ2) is 15.9. The van der Waals surface area contributed by atoms with Gasteiger partial charge in [-0.25, -0.2) is 4.79 Å². The first kappa shape index (κ1) is 32.6. The maximum absolute atomic E-state index is 12.9. The van der Waals surface area contributed by atoms with Gasteiger partial charge in [-0.15, -0.1) is 0 Å². The van der Waals surface area contributed by atoms with Crippen LogP contribution in [0.1, 0.15) is 70.2 Å². The fraction of sp³-hybridized carbons (Fsp3) is 0.571. The Morgan fingerprint density at radius 1 is 1.00 bits per heavy atom. The molecule has 2 aliphatic rings. The second-order valence-corrected chi connectivity index (χ2v) is 12.8. The van der Waals surface area contributed by atoms with Gasteiger partial charge in [-0.2, -0.15) is 0 Å². The van der Waals surface area contributed by atoms with Crippen molar-refractivity contribution < 1.29 is 9.53 Å². The van der Waals surface area contributed by atoms with E-state index in [9.17, 15) is 4.79 Å². The largest absolute Gasteiger partial charge is 0.378 e. The van der Waals surface area contributed by atoms with Crippen molar-refractivity contribution in [2.45, 2.75) is 78.4 Å². The van der Waals surface area contributed by atoms with E-state index >= 15 is 0 Å². The SMILES string of the molecule is CCOC/C=C\SN(C)C(=O)N1CCC(N2CCN([C@@H](C)c3ccc(-c4cc(CC)cc(CC)c4)cc3)[C@H](C)C2)CC1. The topological polar surface area (TPSA) is 39.3 Å². The van der Waals surface area contributed by atoms with Crippen LogP contribution in [-0.4, -0.2) is 90.1 Å². The Morgan fingerprint density at radius 2 is 1.67 bits per heavy atom. The highest BCUT2D eigenvalue weighted by molar-refractivity contribution is 8.00. The molecule has 2 heterocycles. The van der Waals surface area contributed by atoms with Gasteiger partial charge in [0.15, 0.2) is 0 Å². The molecule has 0 radical (unpaired) electrons. The van der Waals surface area contributed by atoms with Gasteiger partial charge in [-0.3, -0.25) is 14.1 Å². The van der Waals surface area contributed by atoms with Crippen LogP contribution in [0.4, 0.5) is 4.79 Å². The van der Waals surface area contributed by atoms with E-state index in [-0.39, 0.29) is 6.03 Å². The van der Waals surface area contributed by atoms with Crippen LogP contribution >= 0.6 is 11.9 Å². The minimum Gasteiger partial charge on any atom is -0.378 e. The lowest BCUT2D eigenvalue weighted by atomic mass is 9.95. The smallest absolute Gasteiger partial charge is 0.329 e. The van der Waals surface area contributed by atoms with E-state index in [1.54, 1.807) is 4.31 Å². The number of hydrogen-bond acceptors (Lipinski definition) is 5. The van der Waals surface area contributed by atoms with E-state index in [0.717, 1.165) is 58.4 Å². The third-order valence-corrected chi connectivity index (χ3v) is 9.84. The molecule has 2 saturated heterocycles. The Kier molecular flexibility index (Phi) is 12.4. The maximum Gasteiger partial charge on any atom is 0.329 e. The van der Waals surface area contributed by atoms with E-state index in [4.69, 9.17) is 4.74 Å². The number of rotatable bonds is 11. The highest BCUT2D eigenvalue weighted by Gasteiger charge is 2.34. The predicted molar refractivity (Wildman–Crippen MR) is 178 cm³/mol. The van der Waals surface area contributed by atoms with Gasteiger partial charge in [0.2, 0.25) is 0 Å². The lowest BCUT2D eigenvalue weighted by molar-refractivity contribution is 0.0164. The van der Waals surface area contributed by atoms with Crippen LogP contribution in [-0.2, 0) is 17.6 Å². The highest BCUT2D eigenvalue weighted by Crippen LogP contribution is 2.30. The highest BCUT2D eigenvalue weighted by atomic mass is 32.2. The first-order valence-electron chi connectivity index (χ1n) is 16.0. The second-order valence-electron chi connectivity index (χ2n) is 11.8. The Hall–Kier alpha value is -2.32. The number of nitrogens with zero attached hydrogens (tertiary/aromatic N) is 4. The van der Waals surface area contributed by atoms with Gasteiger partial charge in [0.1, 0.15) is 0 Å². The lowest BCUT2D eigenvalue weighted by Gasteiger charge is -2.47. The number of piperazine rings is 1. The quantitative estimate of drug-likeness (QED) is 0.203. The summed E-state index contributed by atoms with van der Waals surface area (Å²) in [5.41, 5.74) is 6.86. The monoisotopic (exact) mass is 592 g/mol. The summed E-state index contributed by atoms with van der Waals surface area (Å²) in [4.78, 5) is 20.3. The molecule has 0 bridgehead atoms. The van der Waals surface area contributed by atoms with Crippen molar-refractivity contribution in [2.75, 3.05) is 53.0 Å². The zero-order valence-corrected chi connectivity index (χ0v) is 27.5. The van der Waals surface area contributed by atoms with E-state index in [0.29, 0.717) is 31.3 Å². The van der Waals surface area contributed by atoms with Crippen molar-refractivity contribution in [3.63, 3.8) is 0 Å². The van der Waals surface area contributed by atoms with Gasteiger partial charge in [-0.05, 0) is 91.6 Å². The van der Waals surface area contributed by atoms with Crippen molar-refractivity contribution in [1.29, 1.82) is 0 Å². The Labute approximate surface area is 259 Å². The first-order chi connectivity index (χ1) is 20.3. The number of benzene rings is 2. The summed E-state index contributed by atoms with van der Waals surface area (Å²) in [6, 6.07) is 17.9. The summed E-state index contributed by atoms with van der Waals surface area (Å²) >= 11 is 1.43. The van der Waals surface area contributed by atoms with Crippen molar-refractivity contribution in [3.8, 4) is 11.1 Å². The summed E-state index contributed by atoms with van der Waals surface area (Å²) in [7, 11) is 1.85. The molecule has 0 saturated carbocycles. The predicted octanol–water partition coefficient (Wildman–Crippen LogP) is 7.26. The number of ether oxygens (including phenoxy) is 1. The van der Waals surface area contributed by atoms with Crippen molar-refractivity contribution in [3.05, 3.63) is 70.6 Å². The van der Waals surface area contributed by atoms with E-state index in [1.165, 1.54) is 39.8 Å². The van der Waals surface area contributed by atoms with E-state index in [1.807, 2.05) is 30.4 Å². The van der Waals surface area contributed by atoms with Gasteiger partial charge in [0.25, 0.3) is 0 Å². The number of carbonyl (C=O) groups excluding carboxylic acids is 1. The molecule has 0 unspecified atom stereocenters. The molecule has 6 nitrogen and oxygen atoms in total. The molecule has 230 valence electrons. The molecule has 7 heteroatoms. The molecule has 0 aromatic heterocycles. The van der Waals surface area contributed by atoms with Gasteiger partial charge < -0.3 is 9.64 Å². The summed E-state index contributed by atoms with van der Waals surface area (Å²) in [5, 5.41) is 1.93. The van der Waals surface area contributed by atoms with E-state index in [2.05, 4.69) is 80.0 Å². The van der Waals surface area contributed by atoms with Crippen molar-refractivity contribution in [2.24, 2.45) is 0 Å². The molecule has 2 fully saturated rings. The van der Waals surface area contributed by atoms with Crippen LogP contribution in [0, 0.1) is 0 Å². The zero-order chi connectivity index (χ0) is 30.1. The number of urea groups is 1. The molecule has 0 N–H and O–H groups in total. The third-order valence-electron chi connectivity index (χ3n) is 9.06. The van der Waals surface area contributed by atoms with Gasteiger partial charge >= 0.3 is 6.03 Å². The Morgan fingerprint density at radius 3 is 2.26 bits per heavy atom. The molecular formula is C35H52N4O2S. The minimum absolute atomic E-state index is 0.0985. The average molecular weight is 593 g/mol. The molecule has 0 spiro atoms. The van der Waals surface area contributed by atoms with Gasteiger partial charge in [0.05, 0.1) is 6.61 Å². The molecular weight excluding hydrogens is 540 g/mol. The number of aryl methyl sites for hydroxylation is 2. The number of hydrogen-bond donors (Lipinski definition) is 0. The summed E-state index contributed by atoms with van der Waals surface area (Å²) in [6.45, 7) is 17.4. The van der Waals surface area contributed by atoms with Gasteiger partial charge in [-0.1, -0.05) is 62.4 Å². The fourth-order valence-electron chi connectivity index (χ4n) is 6.42. The molecule has 42 heavy (non-hydrogen) atoms. The summed E-state index contributed by atoms with van der Waals surface area (Å²) < 4.78 is 7.05. The van der Waals surface area contributed by atoms with Gasteiger partial charge in [0, 0.05) is 64.5 Å². The molecule has 2 aliphatic heterocycles. The number of piperidine rings is 1. The summed E-state index contributed by atoms with van der Waals surface area (Å²) in [6.07, 6.45) is 6.19. The molecule has 2 amide bonds. The normalized spacial score (nSPS) is 19.9. The van der Waals surface area contributed by atoms with Crippen molar-refractivity contribution in [1.82, 2.24) is 19.0 Å². The maximum atomic E-state index is 12.9. The summed E-state index contributed by atoms with van der Waals surface area (Å²) in [5.74, 6) is 0. The molecule has 4 rings (SSSR count). The Balaban J connectivity index is 1.27. The standard InChI is InChI=1S/C35H52N4O2S/c1-7-29-23-30(8-2)25-33(24-29)32-13-11-31(12-14-32)28(5)39-20-19-38(26-27(39)4)34-15-17-37(18-16-34)35(40)36(6)42-22-10-21-41-9-3/h10-14,22-25,27-28,34H,7-9,15-21,26H2,1-6H3/b22-10-/t27-,28+/m1/s1. The molecule has 0 aliphatic carbocycles. The Bertz CT molecular complexity index is 1140. The number of carbonyl (C=O) groups is 1. The molecule has 2 aromatic rings. The number of likely N-dealkylation sites (tertiary alicyclic amines) is 1. The lowest BCUT2D eigenvalue weighted by Crippen LogP contribution is -2.57. The van der Waals surface area contributed by atoms with Crippen LogP contribution in [0.25, 0.3) is 11.1 Å². The zero-order valence-electron chi connectivity index (χ0n) is 26.7. The van der Waals surface area contributed by atoms with Crippen LogP contribution in [0.3, 0.4) is 0 Å². The fourth-order valence-corrected chi connectivity index (χ4v) is 6.97. The van der Waals surface area contributed by atoms with Crippen LogP contribution in [0.2, 0.25) is 0 Å². The van der Waals surface area contributed by atoms with Crippen LogP contribution < -0.4 is 0 Å².